The average Bonchev–Trinajstić information content (AvgIpc) is 3.15. The molecule has 0 radical (unpaired) electrons. The number of nitrogens with one attached hydrogen (secondary N) is 1. The second kappa shape index (κ2) is 8.95. The smallest absolute Gasteiger partial charge is 0.337 e. The van der Waals surface area contributed by atoms with Gasteiger partial charge in [0, 0.05) is 6.54 Å². The molecule has 28 heavy (non-hydrogen) atoms. The summed E-state index contributed by atoms with van der Waals surface area (Å²) in [6, 6.07) is 15.1. The van der Waals surface area contributed by atoms with Crippen molar-refractivity contribution in [3.63, 3.8) is 0 Å². The van der Waals surface area contributed by atoms with Crippen molar-refractivity contribution in [3.05, 3.63) is 64.7 Å². The van der Waals surface area contributed by atoms with Crippen LogP contribution >= 0.6 is 11.3 Å². The number of amides is 1. The van der Waals surface area contributed by atoms with E-state index in [-0.39, 0.29) is 24.5 Å². The molecule has 0 bridgehead atoms. The summed E-state index contributed by atoms with van der Waals surface area (Å²) in [6.45, 7) is 2.73. The maximum absolute atomic E-state index is 12.3. The molecule has 0 spiro atoms. The number of hydrogen-bond donors (Lipinski definition) is 1. The Morgan fingerprint density at radius 1 is 1.18 bits per heavy atom. The molecule has 0 fully saturated rings. The van der Waals surface area contributed by atoms with Crippen molar-refractivity contribution in [2.24, 2.45) is 0 Å². The van der Waals surface area contributed by atoms with Gasteiger partial charge in [-0.25, -0.2) is 9.78 Å². The monoisotopic (exact) mass is 397 g/mol. The fourth-order valence-corrected chi connectivity index (χ4v) is 3.84. The second-order valence-corrected chi connectivity index (χ2v) is 7.64. The maximum atomic E-state index is 12.3. The van der Waals surface area contributed by atoms with Gasteiger partial charge in [0.25, 0.3) is 0 Å². The van der Waals surface area contributed by atoms with Crippen LogP contribution in [0.5, 0.6) is 0 Å². The highest BCUT2D eigenvalue weighted by Crippen LogP contribution is 2.28. The zero-order valence-corrected chi connectivity index (χ0v) is 17.0. The molecular formula is C21H23N3O3S. The summed E-state index contributed by atoms with van der Waals surface area (Å²) in [7, 11) is 3.27. The first-order valence-electron chi connectivity index (χ1n) is 8.97. The van der Waals surface area contributed by atoms with E-state index in [2.05, 4.69) is 28.0 Å². The minimum absolute atomic E-state index is 0.0440. The predicted octanol–water partition coefficient (Wildman–Crippen LogP) is 3.39. The average molecular weight is 398 g/mol. The van der Waals surface area contributed by atoms with Crippen molar-refractivity contribution < 1.29 is 14.3 Å². The summed E-state index contributed by atoms with van der Waals surface area (Å²) >= 11 is 1.65. The Kier molecular flexibility index (Phi) is 6.38. The SMILES string of the molecule is COC(=O)c1ccc(CNC(=O)CN(C)[C@H](C)c2nc3ccccc3s2)cc1. The quantitative estimate of drug-likeness (QED) is 0.619. The first kappa shape index (κ1) is 20.0. The molecule has 1 amide bonds. The number of benzene rings is 2. The van der Waals surface area contributed by atoms with Gasteiger partial charge in [-0.05, 0) is 43.8 Å². The number of methoxy groups -OCH3 is 1. The largest absolute Gasteiger partial charge is 0.465 e. The van der Waals surface area contributed by atoms with Gasteiger partial charge in [-0.1, -0.05) is 24.3 Å². The minimum Gasteiger partial charge on any atom is -0.465 e. The van der Waals surface area contributed by atoms with Crippen LogP contribution in [-0.2, 0) is 16.1 Å². The molecule has 1 N–H and O–H groups in total. The van der Waals surface area contributed by atoms with Gasteiger partial charge in [0.05, 0.1) is 35.5 Å². The summed E-state index contributed by atoms with van der Waals surface area (Å²) in [4.78, 5) is 30.4. The van der Waals surface area contributed by atoms with Crippen LogP contribution in [0.15, 0.2) is 48.5 Å². The van der Waals surface area contributed by atoms with Gasteiger partial charge < -0.3 is 10.1 Å². The van der Waals surface area contributed by atoms with Gasteiger partial charge >= 0.3 is 5.97 Å². The van der Waals surface area contributed by atoms with Crippen LogP contribution in [0.1, 0.15) is 33.9 Å². The van der Waals surface area contributed by atoms with Gasteiger partial charge in [-0.2, -0.15) is 0 Å². The highest BCUT2D eigenvalue weighted by molar-refractivity contribution is 7.18. The highest BCUT2D eigenvalue weighted by atomic mass is 32.1. The fraction of sp³-hybridized carbons (Fsp3) is 0.286. The van der Waals surface area contributed by atoms with Crippen molar-refractivity contribution >= 4 is 33.4 Å². The molecule has 6 nitrogen and oxygen atoms in total. The zero-order chi connectivity index (χ0) is 20.1. The molecule has 0 saturated heterocycles. The van der Waals surface area contributed by atoms with Crippen LogP contribution in [0.4, 0.5) is 0 Å². The lowest BCUT2D eigenvalue weighted by Crippen LogP contribution is -2.36. The van der Waals surface area contributed by atoms with E-state index in [0.717, 1.165) is 20.8 Å². The van der Waals surface area contributed by atoms with Crippen molar-refractivity contribution in [2.45, 2.75) is 19.5 Å². The van der Waals surface area contributed by atoms with Gasteiger partial charge in [-0.3, -0.25) is 9.69 Å². The van der Waals surface area contributed by atoms with Crippen molar-refractivity contribution in [2.75, 3.05) is 20.7 Å². The lowest BCUT2D eigenvalue weighted by Gasteiger charge is -2.22. The van der Waals surface area contributed by atoms with E-state index in [4.69, 9.17) is 0 Å². The third kappa shape index (κ3) is 4.74. The van der Waals surface area contributed by atoms with Crippen molar-refractivity contribution in [1.29, 1.82) is 0 Å². The molecule has 1 heterocycles. The van der Waals surface area contributed by atoms with Crippen LogP contribution in [0.3, 0.4) is 0 Å². The molecule has 7 heteroatoms. The van der Waals surface area contributed by atoms with E-state index >= 15 is 0 Å². The van der Waals surface area contributed by atoms with Gasteiger partial charge in [-0.15, -0.1) is 11.3 Å². The molecule has 0 unspecified atom stereocenters. The summed E-state index contributed by atoms with van der Waals surface area (Å²) in [6.07, 6.45) is 0. The first-order chi connectivity index (χ1) is 13.5. The number of aromatic nitrogens is 1. The molecule has 3 aromatic rings. The third-order valence-corrected chi connectivity index (χ3v) is 5.79. The highest BCUT2D eigenvalue weighted by Gasteiger charge is 2.18. The Balaban J connectivity index is 1.53. The van der Waals surface area contributed by atoms with E-state index in [1.165, 1.54) is 7.11 Å². The Bertz CT molecular complexity index is 935. The van der Waals surface area contributed by atoms with E-state index in [0.29, 0.717) is 12.1 Å². The number of rotatable bonds is 7. The van der Waals surface area contributed by atoms with Gasteiger partial charge in [0.15, 0.2) is 0 Å². The van der Waals surface area contributed by atoms with Crippen molar-refractivity contribution in [1.82, 2.24) is 15.2 Å². The third-order valence-electron chi connectivity index (χ3n) is 4.59. The van der Waals surface area contributed by atoms with Crippen LogP contribution in [-0.4, -0.2) is 42.5 Å². The molecule has 146 valence electrons. The van der Waals surface area contributed by atoms with E-state index < -0.39 is 0 Å². The van der Waals surface area contributed by atoms with Gasteiger partial charge in [0.1, 0.15) is 5.01 Å². The van der Waals surface area contributed by atoms with Crippen LogP contribution < -0.4 is 5.32 Å². The van der Waals surface area contributed by atoms with Crippen molar-refractivity contribution in [3.8, 4) is 0 Å². The lowest BCUT2D eigenvalue weighted by atomic mass is 10.1. The topological polar surface area (TPSA) is 71.5 Å². The maximum Gasteiger partial charge on any atom is 0.337 e. The fourth-order valence-electron chi connectivity index (χ4n) is 2.75. The number of esters is 1. The molecule has 2 aromatic carbocycles. The second-order valence-electron chi connectivity index (χ2n) is 6.58. The normalized spacial score (nSPS) is 12.1. The Morgan fingerprint density at radius 3 is 2.57 bits per heavy atom. The van der Waals surface area contributed by atoms with Gasteiger partial charge in [0.2, 0.25) is 5.91 Å². The van der Waals surface area contributed by atoms with Crippen LogP contribution in [0, 0.1) is 0 Å². The number of nitrogens with zero attached hydrogens (tertiary/aromatic N) is 2. The number of carbonyl (C=O) groups is 2. The molecule has 3 rings (SSSR count). The molecule has 1 aromatic heterocycles. The van der Waals surface area contributed by atoms with Crippen LogP contribution in [0.2, 0.25) is 0 Å². The van der Waals surface area contributed by atoms with E-state index in [9.17, 15) is 9.59 Å². The molecule has 1 atom stereocenters. The van der Waals surface area contributed by atoms with E-state index in [1.807, 2.05) is 30.1 Å². The molecule has 0 aliphatic carbocycles. The summed E-state index contributed by atoms with van der Waals surface area (Å²) in [5, 5.41) is 3.91. The Morgan fingerprint density at radius 2 is 1.89 bits per heavy atom. The number of para-hydroxylation sites is 1. The summed E-state index contributed by atoms with van der Waals surface area (Å²) in [5.74, 6) is -0.437. The number of ether oxygens (including phenoxy) is 1. The molecule has 0 aliphatic heterocycles. The zero-order valence-electron chi connectivity index (χ0n) is 16.1. The molecule has 0 saturated carbocycles. The number of hydrogen-bond acceptors (Lipinski definition) is 6. The van der Waals surface area contributed by atoms with E-state index in [1.54, 1.807) is 35.6 Å². The van der Waals surface area contributed by atoms with Crippen LogP contribution in [0.25, 0.3) is 10.2 Å². The number of fused-ring (bicyclic) bond motifs is 1. The lowest BCUT2D eigenvalue weighted by molar-refractivity contribution is -0.122. The standard InChI is InChI=1S/C21H23N3O3S/c1-14(20-23-17-6-4-5-7-18(17)28-20)24(2)13-19(25)22-12-15-8-10-16(11-9-15)21(26)27-3/h4-11,14H,12-13H2,1-3H3,(H,22,25)/t14-/m1/s1. The molecule has 0 aliphatic rings. The summed E-state index contributed by atoms with van der Waals surface area (Å²) in [5.41, 5.74) is 2.40. The molecular weight excluding hydrogens is 374 g/mol. The minimum atomic E-state index is -0.374. The number of carbonyl (C=O) groups excluding carboxylic acids is 2. The predicted molar refractivity (Wildman–Crippen MR) is 110 cm³/mol. The number of thiazole rings is 1. The number of likely N-dealkylation sites (N-methyl/N-ethyl adjacent to an activating group) is 1. The first-order valence-corrected chi connectivity index (χ1v) is 9.79. The Hall–Kier alpha value is -2.77. The Labute approximate surface area is 168 Å². The summed E-state index contributed by atoms with van der Waals surface area (Å²) < 4.78 is 5.83.